The minimum Gasteiger partial charge on any atom is -0.332 e. The lowest BCUT2D eigenvalue weighted by Gasteiger charge is -2.33. The molecule has 1 atom stereocenters. The molecule has 0 spiro atoms. The Balaban J connectivity index is 1.92. The van der Waals surface area contributed by atoms with Crippen molar-refractivity contribution in [3.8, 4) is 0 Å². The molecule has 1 aliphatic heterocycles. The molecule has 6 nitrogen and oxygen atoms in total. The van der Waals surface area contributed by atoms with Crippen LogP contribution in [0.1, 0.15) is 12.8 Å². The molecular weight excluding hydrogens is 320 g/mol. The first-order chi connectivity index (χ1) is 10.7. The molecular formula is C13H14F4N4O2. The van der Waals surface area contributed by atoms with Crippen LogP contribution in [-0.4, -0.2) is 47.1 Å². The van der Waals surface area contributed by atoms with Crippen molar-refractivity contribution in [1.82, 2.24) is 15.2 Å². The molecule has 1 fully saturated rings. The number of nitrogens with one attached hydrogen (secondary N) is 2. The number of aromatic nitrogens is 1. The lowest BCUT2D eigenvalue weighted by molar-refractivity contribution is -0.164. The fourth-order valence-corrected chi connectivity index (χ4v) is 2.21. The maximum atomic E-state index is 12.7. The molecule has 10 heteroatoms. The summed E-state index contributed by atoms with van der Waals surface area (Å²) in [6.45, 7) is -1.34. The van der Waals surface area contributed by atoms with E-state index in [9.17, 15) is 27.2 Å². The number of likely N-dealkylation sites (tertiary alicyclic amines) is 1. The van der Waals surface area contributed by atoms with Gasteiger partial charge in [-0.15, -0.1) is 0 Å². The lowest BCUT2D eigenvalue weighted by atomic mass is 10.0. The first-order valence-electron chi connectivity index (χ1n) is 6.79. The Hall–Kier alpha value is -2.39. The Bertz CT molecular complexity index is 576. The van der Waals surface area contributed by atoms with E-state index in [0.717, 1.165) is 12.3 Å². The Morgan fingerprint density at radius 1 is 1.39 bits per heavy atom. The molecule has 0 bridgehead atoms. The molecule has 1 aromatic rings. The van der Waals surface area contributed by atoms with Crippen LogP contribution in [0.25, 0.3) is 0 Å². The quantitative estimate of drug-likeness (QED) is 0.829. The number of halogens is 4. The van der Waals surface area contributed by atoms with Crippen LogP contribution in [0.5, 0.6) is 0 Å². The minimum absolute atomic E-state index is 0.00232. The summed E-state index contributed by atoms with van der Waals surface area (Å²) in [5.41, 5.74) is 0. The van der Waals surface area contributed by atoms with Crippen molar-refractivity contribution in [2.24, 2.45) is 0 Å². The van der Waals surface area contributed by atoms with Gasteiger partial charge in [-0.2, -0.15) is 13.2 Å². The van der Waals surface area contributed by atoms with Gasteiger partial charge in [-0.05, 0) is 25.0 Å². The van der Waals surface area contributed by atoms with Crippen molar-refractivity contribution in [3.05, 3.63) is 24.1 Å². The second kappa shape index (κ2) is 6.80. The second-order valence-electron chi connectivity index (χ2n) is 5.03. The van der Waals surface area contributed by atoms with Crippen molar-refractivity contribution in [1.29, 1.82) is 0 Å². The van der Waals surface area contributed by atoms with E-state index in [1.165, 1.54) is 6.07 Å². The molecule has 0 saturated carbocycles. The van der Waals surface area contributed by atoms with E-state index in [-0.39, 0.29) is 18.8 Å². The third-order valence-corrected chi connectivity index (χ3v) is 3.18. The van der Waals surface area contributed by atoms with Gasteiger partial charge in [0.15, 0.2) is 0 Å². The highest BCUT2D eigenvalue weighted by Gasteiger charge is 2.37. The highest BCUT2D eigenvalue weighted by Crippen LogP contribution is 2.20. The summed E-state index contributed by atoms with van der Waals surface area (Å²) in [4.78, 5) is 28.0. The number of hydrogen-bond acceptors (Lipinski definition) is 3. The van der Waals surface area contributed by atoms with Crippen LogP contribution in [0.3, 0.4) is 0 Å². The van der Waals surface area contributed by atoms with Gasteiger partial charge >= 0.3 is 12.2 Å². The summed E-state index contributed by atoms with van der Waals surface area (Å²) in [5.74, 6) is -1.31. The molecule has 1 aliphatic rings. The Morgan fingerprint density at radius 3 is 2.74 bits per heavy atom. The average Bonchev–Trinajstić information content (AvgIpc) is 2.44. The molecule has 2 rings (SSSR count). The molecule has 126 valence electrons. The van der Waals surface area contributed by atoms with E-state index in [1.807, 2.05) is 0 Å². The fraction of sp³-hybridized carbons (Fsp3) is 0.462. The van der Waals surface area contributed by atoms with Crippen LogP contribution < -0.4 is 10.6 Å². The van der Waals surface area contributed by atoms with Crippen molar-refractivity contribution in [2.45, 2.75) is 25.1 Å². The van der Waals surface area contributed by atoms with Crippen LogP contribution in [-0.2, 0) is 4.79 Å². The van der Waals surface area contributed by atoms with Gasteiger partial charge in [-0.25, -0.2) is 14.2 Å². The summed E-state index contributed by atoms with van der Waals surface area (Å²) < 4.78 is 49.9. The molecule has 0 aliphatic carbocycles. The zero-order chi connectivity index (χ0) is 17.0. The molecule has 0 aromatic carbocycles. The summed E-state index contributed by atoms with van der Waals surface area (Å²) in [7, 11) is 0. The lowest BCUT2D eigenvalue weighted by Crippen LogP contribution is -2.54. The molecule has 0 radical (unpaired) electrons. The van der Waals surface area contributed by atoms with E-state index in [2.05, 4.69) is 15.6 Å². The Labute approximate surface area is 128 Å². The van der Waals surface area contributed by atoms with Crippen LogP contribution in [0.15, 0.2) is 18.3 Å². The Morgan fingerprint density at radius 2 is 2.13 bits per heavy atom. The SMILES string of the molecule is O=C(Nc1ccc(F)cn1)NC1CCCN(CC(F)(F)F)C1=O. The van der Waals surface area contributed by atoms with Crippen molar-refractivity contribution < 1.29 is 27.2 Å². The third-order valence-electron chi connectivity index (χ3n) is 3.18. The van der Waals surface area contributed by atoms with E-state index in [0.29, 0.717) is 11.3 Å². The van der Waals surface area contributed by atoms with Crippen LogP contribution in [0.4, 0.5) is 28.2 Å². The Kier molecular flexibility index (Phi) is 5.02. The van der Waals surface area contributed by atoms with Crippen molar-refractivity contribution >= 4 is 17.8 Å². The maximum absolute atomic E-state index is 12.7. The summed E-state index contributed by atoms with van der Waals surface area (Å²) in [5, 5.41) is 4.58. The standard InChI is InChI=1S/C13H14F4N4O2/c14-8-3-4-10(18-6-8)20-12(23)19-9-2-1-5-21(11(9)22)7-13(15,16)17/h3-4,6,9H,1-2,5,7H2,(H2,18,19,20,23). The summed E-state index contributed by atoms with van der Waals surface area (Å²) in [6, 6.07) is 0.468. The fourth-order valence-electron chi connectivity index (χ4n) is 2.21. The number of piperidine rings is 1. The monoisotopic (exact) mass is 334 g/mol. The first kappa shape index (κ1) is 17.0. The topological polar surface area (TPSA) is 74.3 Å². The molecule has 1 saturated heterocycles. The maximum Gasteiger partial charge on any atom is 0.406 e. The molecule has 1 unspecified atom stereocenters. The molecule has 2 N–H and O–H groups in total. The molecule has 2 heterocycles. The zero-order valence-electron chi connectivity index (χ0n) is 11.9. The molecule has 3 amide bonds. The number of anilines is 1. The van der Waals surface area contributed by atoms with Gasteiger partial charge in [0.25, 0.3) is 0 Å². The van der Waals surface area contributed by atoms with E-state index in [1.54, 1.807) is 0 Å². The van der Waals surface area contributed by atoms with Gasteiger partial charge in [-0.1, -0.05) is 0 Å². The second-order valence-corrected chi connectivity index (χ2v) is 5.03. The zero-order valence-corrected chi connectivity index (χ0v) is 11.9. The van der Waals surface area contributed by atoms with E-state index < -0.39 is 36.5 Å². The number of nitrogens with zero attached hydrogens (tertiary/aromatic N) is 2. The van der Waals surface area contributed by atoms with Gasteiger partial charge in [0.05, 0.1) is 6.20 Å². The average molecular weight is 334 g/mol. The number of urea groups is 1. The van der Waals surface area contributed by atoms with Gasteiger partial charge in [0.1, 0.15) is 24.2 Å². The molecule has 23 heavy (non-hydrogen) atoms. The minimum atomic E-state index is -4.49. The molecule has 1 aromatic heterocycles. The van der Waals surface area contributed by atoms with Gasteiger partial charge in [0, 0.05) is 6.54 Å². The number of alkyl halides is 3. The number of hydrogen-bond donors (Lipinski definition) is 2. The van der Waals surface area contributed by atoms with Crippen molar-refractivity contribution in [3.63, 3.8) is 0 Å². The number of carbonyl (C=O) groups excluding carboxylic acids is 2. The van der Waals surface area contributed by atoms with Crippen LogP contribution in [0, 0.1) is 5.82 Å². The van der Waals surface area contributed by atoms with E-state index in [4.69, 9.17) is 0 Å². The third kappa shape index (κ3) is 5.08. The van der Waals surface area contributed by atoms with Crippen LogP contribution in [0.2, 0.25) is 0 Å². The first-order valence-corrected chi connectivity index (χ1v) is 6.79. The normalized spacial score (nSPS) is 18.7. The summed E-state index contributed by atoms with van der Waals surface area (Å²) >= 11 is 0. The largest absolute Gasteiger partial charge is 0.406 e. The van der Waals surface area contributed by atoms with Crippen molar-refractivity contribution in [2.75, 3.05) is 18.4 Å². The van der Waals surface area contributed by atoms with Crippen LogP contribution >= 0.6 is 0 Å². The van der Waals surface area contributed by atoms with Gasteiger partial charge < -0.3 is 10.2 Å². The highest BCUT2D eigenvalue weighted by atomic mass is 19.4. The highest BCUT2D eigenvalue weighted by molar-refractivity contribution is 5.93. The predicted molar refractivity (Wildman–Crippen MR) is 72.0 cm³/mol. The number of pyridine rings is 1. The number of carbonyl (C=O) groups is 2. The van der Waals surface area contributed by atoms with Gasteiger partial charge in [-0.3, -0.25) is 10.1 Å². The van der Waals surface area contributed by atoms with E-state index >= 15 is 0 Å². The number of amides is 3. The number of rotatable bonds is 3. The smallest absolute Gasteiger partial charge is 0.332 e. The predicted octanol–water partition coefficient (Wildman–Crippen LogP) is 1.90. The summed E-state index contributed by atoms with van der Waals surface area (Å²) in [6.07, 6.45) is -3.00. The van der Waals surface area contributed by atoms with Gasteiger partial charge in [0.2, 0.25) is 5.91 Å².